The summed E-state index contributed by atoms with van der Waals surface area (Å²) in [6.45, 7) is 1.49. The van der Waals surface area contributed by atoms with E-state index in [9.17, 15) is 18.4 Å². The van der Waals surface area contributed by atoms with E-state index in [2.05, 4.69) is 10.9 Å². The topological polar surface area (TPSA) is 67.4 Å². The molecule has 0 aliphatic heterocycles. The van der Waals surface area contributed by atoms with Crippen LogP contribution in [0.5, 0.6) is 5.75 Å². The Morgan fingerprint density at radius 2 is 1.52 bits per heavy atom. The van der Waals surface area contributed by atoms with Gasteiger partial charge in [0.05, 0.1) is 0 Å². The van der Waals surface area contributed by atoms with Crippen LogP contribution in [0.4, 0.5) is 8.78 Å². The second kappa shape index (κ2) is 8.58. The van der Waals surface area contributed by atoms with Gasteiger partial charge in [0, 0.05) is 6.08 Å². The quantitative estimate of drug-likeness (QED) is 0.646. The molecule has 0 spiro atoms. The molecule has 25 heavy (non-hydrogen) atoms. The van der Waals surface area contributed by atoms with Crippen molar-refractivity contribution in [2.24, 2.45) is 0 Å². The van der Waals surface area contributed by atoms with Crippen LogP contribution in [0.25, 0.3) is 6.08 Å². The predicted molar refractivity (Wildman–Crippen MR) is 88.2 cm³/mol. The molecule has 0 aliphatic rings. The Balaban J connectivity index is 1.79. The van der Waals surface area contributed by atoms with Crippen LogP contribution in [-0.2, 0) is 9.59 Å². The van der Waals surface area contributed by atoms with Crippen LogP contribution in [0.2, 0.25) is 0 Å². The Labute approximate surface area is 143 Å². The number of hydrogen-bond acceptors (Lipinski definition) is 3. The second-order valence-electron chi connectivity index (χ2n) is 5.08. The molecule has 5 nitrogen and oxygen atoms in total. The Morgan fingerprint density at radius 1 is 0.960 bits per heavy atom. The van der Waals surface area contributed by atoms with E-state index in [1.165, 1.54) is 67.6 Å². The van der Waals surface area contributed by atoms with Gasteiger partial charge in [-0.05, 0) is 55.0 Å². The van der Waals surface area contributed by atoms with E-state index in [1.807, 2.05) is 0 Å². The van der Waals surface area contributed by atoms with Crippen LogP contribution in [0.3, 0.4) is 0 Å². The fraction of sp³-hybridized carbons (Fsp3) is 0.111. The molecule has 0 saturated heterocycles. The number of amides is 2. The highest BCUT2D eigenvalue weighted by Crippen LogP contribution is 2.12. The molecule has 0 heterocycles. The lowest BCUT2D eigenvalue weighted by atomic mass is 10.2. The first-order valence-electron chi connectivity index (χ1n) is 7.40. The molecule has 2 aromatic rings. The molecule has 0 radical (unpaired) electrons. The largest absolute Gasteiger partial charge is 0.481 e. The van der Waals surface area contributed by atoms with Crippen LogP contribution in [-0.4, -0.2) is 17.9 Å². The molecular weight excluding hydrogens is 330 g/mol. The fourth-order valence-corrected chi connectivity index (χ4v) is 1.78. The lowest BCUT2D eigenvalue weighted by Gasteiger charge is -2.14. The maximum Gasteiger partial charge on any atom is 0.279 e. The first-order valence-corrected chi connectivity index (χ1v) is 7.40. The van der Waals surface area contributed by atoms with E-state index in [0.717, 1.165) is 0 Å². The van der Waals surface area contributed by atoms with E-state index in [1.54, 1.807) is 0 Å². The van der Waals surface area contributed by atoms with Crippen molar-refractivity contribution in [2.75, 3.05) is 0 Å². The number of nitrogens with one attached hydrogen (secondary N) is 2. The van der Waals surface area contributed by atoms with Gasteiger partial charge in [-0.2, -0.15) is 0 Å². The lowest BCUT2D eigenvalue weighted by molar-refractivity contribution is -0.131. The van der Waals surface area contributed by atoms with Gasteiger partial charge in [0.1, 0.15) is 17.4 Å². The number of rotatable bonds is 5. The van der Waals surface area contributed by atoms with Crippen LogP contribution in [0.1, 0.15) is 12.5 Å². The molecule has 130 valence electrons. The third-order valence-corrected chi connectivity index (χ3v) is 3.10. The van der Waals surface area contributed by atoms with Crippen molar-refractivity contribution in [3.8, 4) is 5.75 Å². The summed E-state index contributed by atoms with van der Waals surface area (Å²) in [4.78, 5) is 23.5. The number of ether oxygens (including phenoxy) is 1. The van der Waals surface area contributed by atoms with E-state index in [-0.39, 0.29) is 5.82 Å². The minimum absolute atomic E-state index is 0.326. The summed E-state index contributed by atoms with van der Waals surface area (Å²) in [5.74, 6) is -1.60. The standard InChI is InChI=1S/C18H16F2N2O3/c1-12(25-16-9-7-15(20)8-10-16)18(24)22-21-17(23)11-4-13-2-5-14(19)6-3-13/h2-12H,1H3,(H,21,23)(H,22,24)/b11-4+/t12-/m1/s1. The highest BCUT2D eigenvalue weighted by atomic mass is 19.1. The van der Waals surface area contributed by atoms with Gasteiger partial charge in [-0.3, -0.25) is 20.4 Å². The van der Waals surface area contributed by atoms with Crippen LogP contribution in [0, 0.1) is 11.6 Å². The molecule has 0 aromatic heterocycles. The summed E-state index contributed by atoms with van der Waals surface area (Å²) in [7, 11) is 0. The molecule has 0 saturated carbocycles. The van der Waals surface area contributed by atoms with Crippen molar-refractivity contribution in [3.05, 3.63) is 71.8 Å². The molecule has 2 N–H and O–H groups in total. The van der Waals surface area contributed by atoms with Gasteiger partial charge in [-0.1, -0.05) is 12.1 Å². The molecule has 0 fully saturated rings. The van der Waals surface area contributed by atoms with Crippen LogP contribution in [0.15, 0.2) is 54.6 Å². The molecule has 0 aliphatic carbocycles. The molecule has 0 unspecified atom stereocenters. The second-order valence-corrected chi connectivity index (χ2v) is 5.08. The maximum absolute atomic E-state index is 12.8. The Morgan fingerprint density at radius 3 is 2.12 bits per heavy atom. The van der Waals surface area contributed by atoms with Crippen molar-refractivity contribution >= 4 is 17.9 Å². The van der Waals surface area contributed by atoms with Gasteiger partial charge in [-0.25, -0.2) is 8.78 Å². The number of halogens is 2. The Hall–Kier alpha value is -3.22. The zero-order valence-electron chi connectivity index (χ0n) is 13.3. The average Bonchev–Trinajstić information content (AvgIpc) is 2.61. The van der Waals surface area contributed by atoms with Crippen molar-refractivity contribution in [3.63, 3.8) is 0 Å². The fourth-order valence-electron chi connectivity index (χ4n) is 1.78. The smallest absolute Gasteiger partial charge is 0.279 e. The number of hydrazine groups is 1. The number of hydrogen-bond donors (Lipinski definition) is 2. The van der Waals surface area contributed by atoms with Gasteiger partial charge < -0.3 is 4.74 Å². The number of carbonyl (C=O) groups is 2. The summed E-state index contributed by atoms with van der Waals surface area (Å²) in [6.07, 6.45) is 1.77. The highest BCUT2D eigenvalue weighted by molar-refractivity contribution is 5.93. The van der Waals surface area contributed by atoms with E-state index >= 15 is 0 Å². The van der Waals surface area contributed by atoms with Gasteiger partial charge in [0.25, 0.3) is 11.8 Å². The molecule has 2 amide bonds. The van der Waals surface area contributed by atoms with E-state index in [0.29, 0.717) is 11.3 Å². The third kappa shape index (κ3) is 6.06. The van der Waals surface area contributed by atoms with Gasteiger partial charge in [-0.15, -0.1) is 0 Å². The van der Waals surface area contributed by atoms with E-state index < -0.39 is 23.7 Å². The molecule has 7 heteroatoms. The molecule has 1 atom stereocenters. The third-order valence-electron chi connectivity index (χ3n) is 3.10. The first-order chi connectivity index (χ1) is 11.9. The van der Waals surface area contributed by atoms with Gasteiger partial charge in [0.15, 0.2) is 6.10 Å². The summed E-state index contributed by atoms with van der Waals surface area (Å²) in [5.41, 5.74) is 5.05. The molecule has 2 aromatic carbocycles. The van der Waals surface area contributed by atoms with Gasteiger partial charge in [0.2, 0.25) is 0 Å². The van der Waals surface area contributed by atoms with Gasteiger partial charge >= 0.3 is 0 Å². The Bertz CT molecular complexity index is 759. The van der Waals surface area contributed by atoms with Crippen molar-refractivity contribution in [2.45, 2.75) is 13.0 Å². The lowest BCUT2D eigenvalue weighted by Crippen LogP contribution is -2.46. The summed E-state index contributed by atoms with van der Waals surface area (Å²) >= 11 is 0. The minimum atomic E-state index is -0.896. The van der Waals surface area contributed by atoms with Crippen molar-refractivity contribution in [1.82, 2.24) is 10.9 Å². The Kier molecular flexibility index (Phi) is 6.22. The predicted octanol–water partition coefficient (Wildman–Crippen LogP) is 2.59. The SMILES string of the molecule is C[C@@H](Oc1ccc(F)cc1)C(=O)NNC(=O)/C=C/c1ccc(F)cc1. The maximum atomic E-state index is 12.8. The zero-order chi connectivity index (χ0) is 18.2. The molecular formula is C18H16F2N2O3. The van der Waals surface area contributed by atoms with Crippen LogP contribution < -0.4 is 15.6 Å². The molecule has 0 bridgehead atoms. The highest BCUT2D eigenvalue weighted by Gasteiger charge is 2.14. The summed E-state index contributed by atoms with van der Waals surface area (Å²) in [5, 5.41) is 0. The normalized spacial score (nSPS) is 11.8. The number of benzene rings is 2. The van der Waals surface area contributed by atoms with Crippen molar-refractivity contribution in [1.29, 1.82) is 0 Å². The summed E-state index contributed by atoms with van der Waals surface area (Å²) < 4.78 is 30.9. The number of carbonyl (C=O) groups excluding carboxylic acids is 2. The first kappa shape index (κ1) is 18.1. The van der Waals surface area contributed by atoms with E-state index in [4.69, 9.17) is 4.74 Å². The summed E-state index contributed by atoms with van der Waals surface area (Å²) in [6, 6.07) is 10.8. The monoisotopic (exact) mass is 346 g/mol. The molecule has 2 rings (SSSR count). The van der Waals surface area contributed by atoms with Crippen LogP contribution >= 0.6 is 0 Å². The average molecular weight is 346 g/mol. The minimum Gasteiger partial charge on any atom is -0.481 e. The zero-order valence-corrected chi connectivity index (χ0v) is 13.3. The van der Waals surface area contributed by atoms with Crippen molar-refractivity contribution < 1.29 is 23.1 Å².